The summed E-state index contributed by atoms with van der Waals surface area (Å²) < 4.78 is 5.82. The van der Waals surface area contributed by atoms with Gasteiger partial charge in [0, 0.05) is 20.1 Å². The molecule has 1 aromatic heterocycles. The van der Waals surface area contributed by atoms with Crippen molar-refractivity contribution in [2.75, 3.05) is 30.8 Å². The fourth-order valence-corrected chi connectivity index (χ4v) is 2.93. The van der Waals surface area contributed by atoms with Crippen molar-refractivity contribution in [3.05, 3.63) is 17.5 Å². The Morgan fingerprint density at radius 1 is 1.57 bits per heavy atom. The van der Waals surface area contributed by atoms with Crippen LogP contribution in [0, 0.1) is 0 Å². The molecule has 1 aromatic rings. The number of amides is 1. The van der Waals surface area contributed by atoms with Crippen LogP contribution in [0.1, 0.15) is 36.9 Å². The predicted molar refractivity (Wildman–Crippen MR) is 90.6 cm³/mol. The summed E-state index contributed by atoms with van der Waals surface area (Å²) in [7, 11) is 1.98. The molecule has 1 rings (SSSR count). The van der Waals surface area contributed by atoms with E-state index in [0.717, 1.165) is 18.0 Å². The number of anilines is 2. The van der Waals surface area contributed by atoms with Gasteiger partial charge in [0.05, 0.1) is 6.10 Å². The zero-order valence-electron chi connectivity index (χ0n) is 13.2. The van der Waals surface area contributed by atoms with Gasteiger partial charge in [0.25, 0.3) is 5.91 Å². The third-order valence-electron chi connectivity index (χ3n) is 2.75. The monoisotopic (exact) mass is 311 g/mol. The lowest BCUT2D eigenvalue weighted by Crippen LogP contribution is -2.23. The molecule has 0 aromatic carbocycles. The lowest BCUT2D eigenvalue weighted by Gasteiger charge is -2.19. The predicted octanol–water partition coefficient (Wildman–Crippen LogP) is 2.88. The molecule has 0 aliphatic rings. The molecule has 21 heavy (non-hydrogen) atoms. The topological polar surface area (TPSA) is 67.6 Å². The molecule has 0 bridgehead atoms. The van der Waals surface area contributed by atoms with Crippen molar-refractivity contribution in [2.45, 2.75) is 33.3 Å². The van der Waals surface area contributed by atoms with Crippen LogP contribution in [0.25, 0.3) is 0 Å². The average molecular weight is 311 g/mol. The number of carbonyl (C=O) groups is 1. The Kier molecular flexibility index (Phi) is 6.55. The highest BCUT2D eigenvalue weighted by Gasteiger charge is 2.24. The minimum atomic E-state index is -0.192. The first kappa shape index (κ1) is 17.4. The van der Waals surface area contributed by atoms with E-state index >= 15 is 0 Å². The number of hydrogen-bond donors (Lipinski definition) is 2. The normalized spacial score (nSPS) is 10.5. The van der Waals surface area contributed by atoms with Crippen LogP contribution >= 0.6 is 11.3 Å². The van der Waals surface area contributed by atoms with Gasteiger partial charge in [0.2, 0.25) is 0 Å². The van der Waals surface area contributed by atoms with Crippen molar-refractivity contribution in [1.82, 2.24) is 5.32 Å². The number of nitrogens with zero attached hydrogens (tertiary/aromatic N) is 1. The van der Waals surface area contributed by atoms with Crippen LogP contribution in [0.15, 0.2) is 12.7 Å². The highest BCUT2D eigenvalue weighted by molar-refractivity contribution is 7.19. The fourth-order valence-electron chi connectivity index (χ4n) is 1.87. The van der Waals surface area contributed by atoms with Gasteiger partial charge >= 0.3 is 0 Å². The van der Waals surface area contributed by atoms with E-state index in [1.54, 1.807) is 6.08 Å². The molecular weight excluding hydrogens is 286 g/mol. The maximum Gasteiger partial charge on any atom is 0.263 e. The molecule has 0 saturated carbocycles. The zero-order valence-corrected chi connectivity index (χ0v) is 14.0. The van der Waals surface area contributed by atoms with E-state index in [-0.39, 0.29) is 12.0 Å². The average Bonchev–Trinajstić information content (AvgIpc) is 2.73. The van der Waals surface area contributed by atoms with Gasteiger partial charge in [0.15, 0.2) is 5.75 Å². The molecule has 0 saturated heterocycles. The Hall–Kier alpha value is -1.69. The van der Waals surface area contributed by atoms with Crippen molar-refractivity contribution >= 4 is 27.9 Å². The number of nitrogens with two attached hydrogens (primary N) is 1. The fraction of sp³-hybridized carbons (Fsp3) is 0.533. The number of rotatable bonds is 8. The van der Waals surface area contributed by atoms with Crippen molar-refractivity contribution in [3.63, 3.8) is 0 Å². The second kappa shape index (κ2) is 7.93. The maximum atomic E-state index is 12.2. The van der Waals surface area contributed by atoms with Gasteiger partial charge in [-0.25, -0.2) is 0 Å². The Balaban J connectivity index is 3.16. The van der Waals surface area contributed by atoms with Crippen molar-refractivity contribution < 1.29 is 9.53 Å². The first-order chi connectivity index (χ1) is 9.92. The van der Waals surface area contributed by atoms with E-state index in [0.29, 0.717) is 22.9 Å². The SMILES string of the molecule is C=CCNC(=O)c1sc(N(C)CCC)c(OC(C)C)c1N. The highest BCUT2D eigenvalue weighted by Crippen LogP contribution is 2.45. The molecule has 1 heterocycles. The molecule has 0 fully saturated rings. The van der Waals surface area contributed by atoms with Crippen LogP contribution in [0.2, 0.25) is 0 Å². The summed E-state index contributed by atoms with van der Waals surface area (Å²) in [5.41, 5.74) is 6.54. The van der Waals surface area contributed by atoms with Gasteiger partial charge in [-0.15, -0.1) is 17.9 Å². The van der Waals surface area contributed by atoms with Gasteiger partial charge in [-0.2, -0.15) is 0 Å². The van der Waals surface area contributed by atoms with Crippen molar-refractivity contribution in [2.24, 2.45) is 0 Å². The van der Waals surface area contributed by atoms with E-state index in [9.17, 15) is 4.79 Å². The second-order valence-electron chi connectivity index (χ2n) is 5.07. The maximum absolute atomic E-state index is 12.2. The molecule has 1 amide bonds. The van der Waals surface area contributed by atoms with E-state index < -0.39 is 0 Å². The number of hydrogen-bond acceptors (Lipinski definition) is 5. The van der Waals surface area contributed by atoms with Gasteiger partial charge in [0.1, 0.15) is 15.6 Å². The standard InChI is InChI=1S/C15H25N3O2S/c1-6-8-17-14(19)13-11(16)12(20-10(3)4)15(21-13)18(5)9-7-2/h6,10H,1,7-9,16H2,2-5H3,(H,17,19). The molecular formula is C15H25N3O2S. The minimum absolute atomic E-state index is 0.000220. The molecule has 0 aliphatic carbocycles. The van der Waals surface area contributed by atoms with Crippen LogP contribution in [0.3, 0.4) is 0 Å². The summed E-state index contributed by atoms with van der Waals surface area (Å²) in [4.78, 5) is 14.7. The van der Waals surface area contributed by atoms with Gasteiger partial charge in [-0.1, -0.05) is 13.0 Å². The third kappa shape index (κ3) is 4.39. The third-order valence-corrected chi connectivity index (χ3v) is 4.05. The quantitative estimate of drug-likeness (QED) is 0.724. The Morgan fingerprint density at radius 2 is 2.24 bits per heavy atom. The second-order valence-corrected chi connectivity index (χ2v) is 6.07. The van der Waals surface area contributed by atoms with E-state index in [2.05, 4.69) is 23.7 Å². The van der Waals surface area contributed by atoms with Crippen molar-refractivity contribution in [1.29, 1.82) is 0 Å². The minimum Gasteiger partial charge on any atom is -0.486 e. The largest absolute Gasteiger partial charge is 0.486 e. The molecule has 0 spiro atoms. The van der Waals surface area contributed by atoms with Gasteiger partial charge in [-0.3, -0.25) is 4.79 Å². The van der Waals surface area contributed by atoms with Crippen molar-refractivity contribution in [3.8, 4) is 5.75 Å². The molecule has 0 atom stereocenters. The highest BCUT2D eigenvalue weighted by atomic mass is 32.1. The molecule has 3 N–H and O–H groups in total. The number of thiophene rings is 1. The lowest BCUT2D eigenvalue weighted by atomic mass is 10.3. The summed E-state index contributed by atoms with van der Waals surface area (Å²) in [5.74, 6) is 0.414. The van der Waals surface area contributed by atoms with Crippen LogP contribution in [-0.4, -0.2) is 32.1 Å². The summed E-state index contributed by atoms with van der Waals surface area (Å²) in [6.45, 7) is 10.9. The number of nitrogen functional groups attached to an aromatic ring is 1. The molecule has 0 unspecified atom stereocenters. The van der Waals surface area contributed by atoms with E-state index in [1.165, 1.54) is 11.3 Å². The number of ether oxygens (including phenoxy) is 1. The first-order valence-corrected chi connectivity index (χ1v) is 7.93. The van der Waals surface area contributed by atoms with Crippen LogP contribution in [-0.2, 0) is 0 Å². The Morgan fingerprint density at radius 3 is 2.76 bits per heavy atom. The van der Waals surface area contributed by atoms with Gasteiger partial charge in [-0.05, 0) is 20.3 Å². The summed E-state index contributed by atoms with van der Waals surface area (Å²) in [6, 6.07) is 0. The van der Waals surface area contributed by atoms with Crippen LogP contribution in [0.4, 0.5) is 10.7 Å². The summed E-state index contributed by atoms with van der Waals surface area (Å²) in [5, 5.41) is 3.65. The zero-order chi connectivity index (χ0) is 16.0. The molecule has 5 nitrogen and oxygen atoms in total. The molecule has 0 radical (unpaired) electrons. The smallest absolute Gasteiger partial charge is 0.263 e. The molecule has 6 heteroatoms. The molecule has 118 valence electrons. The van der Waals surface area contributed by atoms with E-state index in [4.69, 9.17) is 10.5 Å². The summed E-state index contributed by atoms with van der Waals surface area (Å²) >= 11 is 1.36. The lowest BCUT2D eigenvalue weighted by molar-refractivity contribution is 0.0962. The molecule has 0 aliphatic heterocycles. The van der Waals surface area contributed by atoms with E-state index in [1.807, 2.05) is 20.9 Å². The summed E-state index contributed by atoms with van der Waals surface area (Å²) in [6.07, 6.45) is 2.64. The van der Waals surface area contributed by atoms with Gasteiger partial charge < -0.3 is 20.7 Å². The van der Waals surface area contributed by atoms with Crippen LogP contribution in [0.5, 0.6) is 5.75 Å². The number of carbonyl (C=O) groups excluding carboxylic acids is 1. The Labute approximate surface area is 130 Å². The number of nitrogens with one attached hydrogen (secondary N) is 1. The van der Waals surface area contributed by atoms with Crippen LogP contribution < -0.4 is 20.7 Å². The Bertz CT molecular complexity index is 497. The first-order valence-electron chi connectivity index (χ1n) is 7.11.